The first kappa shape index (κ1) is 23.3. The number of hydrogen-bond acceptors (Lipinski definition) is 4. The molecule has 0 radical (unpaired) electrons. The largest absolute Gasteiger partial charge is 0.490 e. The number of carbonyl (C=O) groups is 2. The molecule has 0 bridgehead atoms. The van der Waals surface area contributed by atoms with Gasteiger partial charge in [0.25, 0.3) is 5.91 Å². The number of aliphatic carboxylic acids is 1. The molecule has 2 atom stereocenters. The second-order valence-corrected chi connectivity index (χ2v) is 6.80. The Morgan fingerprint density at radius 2 is 1.77 bits per heavy atom. The third-order valence-electron chi connectivity index (χ3n) is 4.76. The Labute approximate surface area is 172 Å². The van der Waals surface area contributed by atoms with Crippen LogP contribution in [0.5, 0.6) is 0 Å². The standard InChI is InChI=1S/C19H22N2O2.C2HF3O2/c1-23-18-9-12-21(19(22)16-7-10-20-11-8-16)14-17(18)13-15-5-3-2-4-6-15;3-2(4,5)1(6)7/h2-8,10-11,17-18H,9,12-14H2,1H3;(H,6,7)/t17-,18-;/m0./s1. The summed E-state index contributed by atoms with van der Waals surface area (Å²) < 4.78 is 37.4. The highest BCUT2D eigenvalue weighted by atomic mass is 19.4. The van der Waals surface area contributed by atoms with Crippen LogP contribution < -0.4 is 0 Å². The molecule has 1 aliphatic heterocycles. The summed E-state index contributed by atoms with van der Waals surface area (Å²) >= 11 is 0. The van der Waals surface area contributed by atoms with Gasteiger partial charge < -0.3 is 14.7 Å². The molecule has 1 aliphatic rings. The third-order valence-corrected chi connectivity index (χ3v) is 4.76. The Bertz CT molecular complexity index is 816. The molecule has 2 aromatic rings. The minimum atomic E-state index is -5.08. The topological polar surface area (TPSA) is 79.7 Å². The summed E-state index contributed by atoms with van der Waals surface area (Å²) in [6.07, 6.45) is 0.258. The monoisotopic (exact) mass is 424 g/mol. The fraction of sp³-hybridized carbons (Fsp3) is 0.381. The van der Waals surface area contributed by atoms with E-state index >= 15 is 0 Å². The van der Waals surface area contributed by atoms with Crippen LogP contribution in [-0.4, -0.2) is 59.3 Å². The summed E-state index contributed by atoms with van der Waals surface area (Å²) in [5, 5.41) is 7.12. The number of amides is 1. The van der Waals surface area contributed by atoms with E-state index < -0.39 is 12.1 Å². The summed E-state index contributed by atoms with van der Waals surface area (Å²) in [7, 11) is 1.77. The lowest BCUT2D eigenvalue weighted by Crippen LogP contribution is -2.47. The SMILES string of the molecule is CO[C@H]1CCN(C(=O)c2ccncc2)C[C@@H]1Cc1ccccc1.O=C(O)C(F)(F)F. The van der Waals surface area contributed by atoms with Crippen molar-refractivity contribution in [2.75, 3.05) is 20.2 Å². The number of likely N-dealkylation sites (tertiary alicyclic amines) is 1. The van der Waals surface area contributed by atoms with Crippen molar-refractivity contribution < 1.29 is 32.6 Å². The molecular weight excluding hydrogens is 401 g/mol. The van der Waals surface area contributed by atoms with Gasteiger partial charge in [0.15, 0.2) is 0 Å². The van der Waals surface area contributed by atoms with Crippen LogP contribution in [0.2, 0.25) is 0 Å². The van der Waals surface area contributed by atoms with E-state index in [9.17, 15) is 18.0 Å². The van der Waals surface area contributed by atoms with Crippen molar-refractivity contribution in [3.05, 3.63) is 66.0 Å². The van der Waals surface area contributed by atoms with Gasteiger partial charge in [-0.05, 0) is 30.5 Å². The zero-order valence-corrected chi connectivity index (χ0v) is 16.4. The van der Waals surface area contributed by atoms with E-state index in [4.69, 9.17) is 14.6 Å². The van der Waals surface area contributed by atoms with Crippen LogP contribution in [0.15, 0.2) is 54.9 Å². The van der Waals surface area contributed by atoms with Gasteiger partial charge in [-0.25, -0.2) is 4.79 Å². The molecule has 0 aliphatic carbocycles. The summed E-state index contributed by atoms with van der Waals surface area (Å²) in [4.78, 5) is 27.5. The normalized spacial score (nSPS) is 18.9. The van der Waals surface area contributed by atoms with Crippen molar-refractivity contribution >= 4 is 11.9 Å². The van der Waals surface area contributed by atoms with E-state index in [0.717, 1.165) is 25.9 Å². The predicted octanol–water partition coefficient (Wildman–Crippen LogP) is 3.43. The Kier molecular flexibility index (Phi) is 8.35. The average molecular weight is 424 g/mol. The van der Waals surface area contributed by atoms with Gasteiger partial charge in [-0.2, -0.15) is 13.2 Å². The number of piperidine rings is 1. The van der Waals surface area contributed by atoms with Crippen molar-refractivity contribution in [2.45, 2.75) is 25.1 Å². The molecule has 0 unspecified atom stereocenters. The maximum Gasteiger partial charge on any atom is 0.490 e. The van der Waals surface area contributed by atoms with E-state index in [2.05, 4.69) is 29.2 Å². The summed E-state index contributed by atoms with van der Waals surface area (Å²) in [5.74, 6) is -2.35. The van der Waals surface area contributed by atoms with E-state index in [1.165, 1.54) is 5.56 Å². The van der Waals surface area contributed by atoms with E-state index in [1.54, 1.807) is 31.6 Å². The van der Waals surface area contributed by atoms with Gasteiger partial charge in [0.2, 0.25) is 0 Å². The highest BCUT2D eigenvalue weighted by Crippen LogP contribution is 2.24. The van der Waals surface area contributed by atoms with Crippen LogP contribution in [0, 0.1) is 5.92 Å². The van der Waals surface area contributed by atoms with Crippen LogP contribution in [0.3, 0.4) is 0 Å². The number of nitrogens with zero attached hydrogens (tertiary/aromatic N) is 2. The first-order chi connectivity index (χ1) is 14.2. The third kappa shape index (κ3) is 6.84. The van der Waals surface area contributed by atoms with E-state index in [-0.39, 0.29) is 12.0 Å². The maximum atomic E-state index is 12.7. The molecule has 1 saturated heterocycles. The average Bonchev–Trinajstić information content (AvgIpc) is 2.74. The van der Waals surface area contributed by atoms with Crippen molar-refractivity contribution in [1.82, 2.24) is 9.88 Å². The minimum Gasteiger partial charge on any atom is -0.475 e. The Balaban J connectivity index is 0.000000396. The number of rotatable bonds is 4. The molecule has 6 nitrogen and oxygen atoms in total. The van der Waals surface area contributed by atoms with Crippen molar-refractivity contribution in [1.29, 1.82) is 0 Å². The molecule has 162 valence electrons. The van der Waals surface area contributed by atoms with Gasteiger partial charge in [-0.1, -0.05) is 30.3 Å². The number of hydrogen-bond donors (Lipinski definition) is 1. The zero-order valence-electron chi connectivity index (χ0n) is 16.4. The molecule has 1 aromatic heterocycles. The Hall–Kier alpha value is -2.94. The highest BCUT2D eigenvalue weighted by Gasteiger charge is 2.38. The molecule has 30 heavy (non-hydrogen) atoms. The molecule has 0 saturated carbocycles. The highest BCUT2D eigenvalue weighted by molar-refractivity contribution is 5.94. The van der Waals surface area contributed by atoms with Crippen molar-refractivity contribution in [3.8, 4) is 0 Å². The smallest absolute Gasteiger partial charge is 0.475 e. The zero-order chi connectivity index (χ0) is 22.1. The molecule has 1 aromatic carbocycles. The number of aromatic nitrogens is 1. The number of carboxylic acid groups (broad SMARTS) is 1. The van der Waals surface area contributed by atoms with Gasteiger partial charge >= 0.3 is 12.1 Å². The fourth-order valence-corrected chi connectivity index (χ4v) is 3.30. The van der Waals surface area contributed by atoms with Crippen LogP contribution in [0.4, 0.5) is 13.2 Å². The number of carbonyl (C=O) groups excluding carboxylic acids is 1. The molecule has 1 N–H and O–H groups in total. The van der Waals surface area contributed by atoms with Gasteiger partial charge in [-0.15, -0.1) is 0 Å². The Morgan fingerprint density at radius 1 is 1.17 bits per heavy atom. The van der Waals surface area contributed by atoms with Gasteiger partial charge in [0, 0.05) is 44.1 Å². The lowest BCUT2D eigenvalue weighted by Gasteiger charge is -2.38. The fourth-order valence-electron chi connectivity index (χ4n) is 3.30. The van der Waals surface area contributed by atoms with E-state index in [0.29, 0.717) is 11.5 Å². The summed E-state index contributed by atoms with van der Waals surface area (Å²) in [6, 6.07) is 14.0. The van der Waals surface area contributed by atoms with Crippen molar-refractivity contribution in [2.24, 2.45) is 5.92 Å². The number of halogens is 3. The molecule has 0 spiro atoms. The first-order valence-corrected chi connectivity index (χ1v) is 9.28. The summed E-state index contributed by atoms with van der Waals surface area (Å²) in [5.41, 5.74) is 1.99. The Morgan fingerprint density at radius 3 is 2.30 bits per heavy atom. The van der Waals surface area contributed by atoms with Crippen molar-refractivity contribution in [3.63, 3.8) is 0 Å². The number of alkyl halides is 3. The van der Waals surface area contributed by atoms with Crippen LogP contribution in [0.1, 0.15) is 22.3 Å². The maximum absolute atomic E-state index is 12.7. The summed E-state index contributed by atoms with van der Waals surface area (Å²) in [6.45, 7) is 1.47. The predicted molar refractivity (Wildman–Crippen MR) is 103 cm³/mol. The molecule has 2 heterocycles. The van der Waals surface area contributed by atoms with Crippen LogP contribution in [0.25, 0.3) is 0 Å². The lowest BCUT2D eigenvalue weighted by atomic mass is 9.88. The number of pyridine rings is 1. The molecular formula is C21H23F3N2O4. The quantitative estimate of drug-likeness (QED) is 0.814. The van der Waals surface area contributed by atoms with E-state index in [1.807, 2.05) is 11.0 Å². The van der Waals surface area contributed by atoms with Gasteiger partial charge in [0.1, 0.15) is 0 Å². The number of methoxy groups -OCH3 is 1. The number of carboxylic acids is 1. The molecule has 1 fully saturated rings. The lowest BCUT2D eigenvalue weighted by molar-refractivity contribution is -0.192. The molecule has 3 rings (SSSR count). The van der Waals surface area contributed by atoms with Gasteiger partial charge in [-0.3, -0.25) is 9.78 Å². The second kappa shape index (κ2) is 10.7. The minimum absolute atomic E-state index is 0.0833. The van der Waals surface area contributed by atoms with Crippen LogP contribution >= 0.6 is 0 Å². The molecule has 1 amide bonds. The first-order valence-electron chi connectivity index (χ1n) is 9.28. The number of ether oxygens (including phenoxy) is 1. The van der Waals surface area contributed by atoms with Gasteiger partial charge in [0.05, 0.1) is 6.10 Å². The van der Waals surface area contributed by atoms with Crippen LogP contribution in [-0.2, 0) is 16.0 Å². The second-order valence-electron chi connectivity index (χ2n) is 6.80. The number of benzene rings is 1. The molecule has 9 heteroatoms.